The molecule has 0 spiro atoms. The van der Waals surface area contributed by atoms with Gasteiger partial charge in [-0.3, -0.25) is 9.78 Å². The molecule has 4 nitrogen and oxygen atoms in total. The lowest BCUT2D eigenvalue weighted by Crippen LogP contribution is -2.23. The molecule has 1 amide bonds. The maximum Gasteiger partial charge on any atom is 0.253 e. The van der Waals surface area contributed by atoms with E-state index < -0.39 is 0 Å². The highest BCUT2D eigenvalue weighted by molar-refractivity contribution is 7.12. The fourth-order valence-electron chi connectivity index (χ4n) is 1.92. The number of aryl methyl sites for hydroxylation is 2. The molecular formula is C15H19N3OS. The molecule has 5 heteroatoms. The van der Waals surface area contributed by atoms with E-state index in [4.69, 9.17) is 0 Å². The first-order valence-electron chi connectivity index (χ1n) is 6.63. The van der Waals surface area contributed by atoms with Crippen molar-refractivity contribution in [3.05, 3.63) is 45.4 Å². The molecule has 2 aromatic heterocycles. The molecular weight excluding hydrogens is 270 g/mol. The van der Waals surface area contributed by atoms with Crippen LogP contribution in [-0.4, -0.2) is 17.4 Å². The topological polar surface area (TPSA) is 54.0 Å². The lowest BCUT2D eigenvalue weighted by molar-refractivity contribution is 0.0952. The van der Waals surface area contributed by atoms with Crippen LogP contribution in [0, 0.1) is 13.8 Å². The third-order valence-corrected chi connectivity index (χ3v) is 4.23. The molecule has 0 aliphatic heterocycles. The number of carbonyl (C=O) groups excluding carboxylic acids is 1. The molecule has 0 aliphatic carbocycles. The van der Waals surface area contributed by atoms with Gasteiger partial charge in [0.2, 0.25) is 0 Å². The third kappa shape index (κ3) is 3.36. The van der Waals surface area contributed by atoms with Crippen LogP contribution in [0.25, 0.3) is 0 Å². The van der Waals surface area contributed by atoms with E-state index in [1.165, 1.54) is 15.3 Å². The Bertz CT molecular complexity index is 587. The van der Waals surface area contributed by atoms with Crippen molar-refractivity contribution in [2.75, 3.05) is 11.9 Å². The number of nitrogens with zero attached hydrogens (tertiary/aromatic N) is 1. The molecule has 0 radical (unpaired) electrons. The number of hydrogen-bond donors (Lipinski definition) is 2. The zero-order valence-electron chi connectivity index (χ0n) is 12.0. The van der Waals surface area contributed by atoms with Crippen LogP contribution < -0.4 is 10.6 Å². The quantitative estimate of drug-likeness (QED) is 0.889. The first kappa shape index (κ1) is 14.5. The average Bonchev–Trinajstić information content (AvgIpc) is 2.76. The zero-order chi connectivity index (χ0) is 14.5. The fourth-order valence-corrected chi connectivity index (χ4v) is 2.92. The monoisotopic (exact) mass is 289 g/mol. The highest BCUT2D eigenvalue weighted by Crippen LogP contribution is 2.20. The van der Waals surface area contributed by atoms with Crippen LogP contribution in [0.5, 0.6) is 0 Å². The van der Waals surface area contributed by atoms with Crippen molar-refractivity contribution in [2.45, 2.75) is 27.3 Å². The summed E-state index contributed by atoms with van der Waals surface area (Å²) >= 11 is 1.72. The van der Waals surface area contributed by atoms with Gasteiger partial charge in [-0.15, -0.1) is 11.3 Å². The van der Waals surface area contributed by atoms with Crippen LogP contribution in [0.2, 0.25) is 0 Å². The maximum atomic E-state index is 12.2. The van der Waals surface area contributed by atoms with Crippen molar-refractivity contribution in [1.29, 1.82) is 0 Å². The Labute approximate surface area is 123 Å². The van der Waals surface area contributed by atoms with Crippen LogP contribution in [0.4, 0.5) is 5.69 Å². The predicted octanol–water partition coefficient (Wildman–Crippen LogP) is 3.12. The van der Waals surface area contributed by atoms with Crippen molar-refractivity contribution in [3.8, 4) is 0 Å². The molecule has 0 fully saturated rings. The average molecular weight is 289 g/mol. The van der Waals surface area contributed by atoms with E-state index in [0.717, 1.165) is 12.2 Å². The maximum absolute atomic E-state index is 12.2. The van der Waals surface area contributed by atoms with Crippen molar-refractivity contribution in [2.24, 2.45) is 0 Å². The van der Waals surface area contributed by atoms with E-state index >= 15 is 0 Å². The highest BCUT2D eigenvalue weighted by Gasteiger charge is 2.11. The standard InChI is InChI=1S/C15H19N3OS/c1-4-17-14-9-16-6-5-13(14)15(19)18-8-12-7-10(2)11(3)20-12/h5-7,9,17H,4,8H2,1-3H3,(H,18,19). The summed E-state index contributed by atoms with van der Waals surface area (Å²) in [5.41, 5.74) is 2.68. The van der Waals surface area contributed by atoms with Crippen LogP contribution in [0.1, 0.15) is 32.6 Å². The minimum absolute atomic E-state index is 0.0768. The van der Waals surface area contributed by atoms with Gasteiger partial charge in [-0.25, -0.2) is 0 Å². The molecule has 0 aromatic carbocycles. The number of amides is 1. The minimum atomic E-state index is -0.0768. The highest BCUT2D eigenvalue weighted by atomic mass is 32.1. The van der Waals surface area contributed by atoms with E-state index in [9.17, 15) is 4.79 Å². The molecule has 106 valence electrons. The summed E-state index contributed by atoms with van der Waals surface area (Å²) in [6, 6.07) is 3.86. The number of aromatic nitrogens is 1. The van der Waals surface area contributed by atoms with E-state index in [1.807, 2.05) is 6.92 Å². The molecule has 0 aliphatic rings. The lowest BCUT2D eigenvalue weighted by Gasteiger charge is -2.09. The van der Waals surface area contributed by atoms with Gasteiger partial charge in [0, 0.05) is 22.5 Å². The van der Waals surface area contributed by atoms with Gasteiger partial charge in [0.05, 0.1) is 24.0 Å². The van der Waals surface area contributed by atoms with Crippen LogP contribution in [0.3, 0.4) is 0 Å². The summed E-state index contributed by atoms with van der Waals surface area (Å²) in [7, 11) is 0. The van der Waals surface area contributed by atoms with Crippen molar-refractivity contribution < 1.29 is 4.79 Å². The van der Waals surface area contributed by atoms with E-state index in [1.54, 1.807) is 29.8 Å². The predicted molar refractivity (Wildman–Crippen MR) is 83.4 cm³/mol. The Morgan fingerprint density at radius 1 is 1.40 bits per heavy atom. The Hall–Kier alpha value is -1.88. The fraction of sp³-hybridized carbons (Fsp3) is 0.333. The molecule has 0 unspecified atom stereocenters. The second-order valence-corrected chi connectivity index (χ2v) is 5.93. The summed E-state index contributed by atoms with van der Waals surface area (Å²) < 4.78 is 0. The van der Waals surface area contributed by atoms with Crippen molar-refractivity contribution in [1.82, 2.24) is 10.3 Å². The number of rotatable bonds is 5. The van der Waals surface area contributed by atoms with Gasteiger partial charge in [-0.05, 0) is 38.5 Å². The number of nitrogens with one attached hydrogen (secondary N) is 2. The molecule has 2 rings (SSSR count). The summed E-state index contributed by atoms with van der Waals surface area (Å²) in [5.74, 6) is -0.0768. The second-order valence-electron chi connectivity index (χ2n) is 4.59. The first-order valence-corrected chi connectivity index (χ1v) is 7.45. The number of pyridine rings is 1. The Morgan fingerprint density at radius 2 is 2.20 bits per heavy atom. The van der Waals surface area contributed by atoms with Gasteiger partial charge in [0.15, 0.2) is 0 Å². The zero-order valence-corrected chi connectivity index (χ0v) is 12.8. The Morgan fingerprint density at radius 3 is 2.85 bits per heavy atom. The normalized spacial score (nSPS) is 10.3. The van der Waals surface area contributed by atoms with Gasteiger partial charge in [0.1, 0.15) is 0 Å². The SMILES string of the molecule is CCNc1cnccc1C(=O)NCc1cc(C)c(C)s1. The van der Waals surface area contributed by atoms with Gasteiger partial charge in [-0.2, -0.15) is 0 Å². The number of hydrogen-bond acceptors (Lipinski definition) is 4. The molecule has 2 aromatic rings. The minimum Gasteiger partial charge on any atom is -0.383 e. The van der Waals surface area contributed by atoms with Gasteiger partial charge < -0.3 is 10.6 Å². The number of thiophene rings is 1. The molecule has 20 heavy (non-hydrogen) atoms. The molecule has 0 bridgehead atoms. The molecule has 2 N–H and O–H groups in total. The van der Waals surface area contributed by atoms with E-state index in [2.05, 4.69) is 35.5 Å². The van der Waals surface area contributed by atoms with Crippen LogP contribution in [-0.2, 0) is 6.54 Å². The summed E-state index contributed by atoms with van der Waals surface area (Å²) in [5, 5.41) is 6.11. The van der Waals surface area contributed by atoms with Gasteiger partial charge in [-0.1, -0.05) is 0 Å². The summed E-state index contributed by atoms with van der Waals surface area (Å²) in [4.78, 5) is 18.7. The smallest absolute Gasteiger partial charge is 0.253 e. The summed E-state index contributed by atoms with van der Waals surface area (Å²) in [6.07, 6.45) is 3.31. The van der Waals surface area contributed by atoms with Gasteiger partial charge in [0.25, 0.3) is 5.91 Å². The van der Waals surface area contributed by atoms with Gasteiger partial charge >= 0.3 is 0 Å². The number of carbonyl (C=O) groups is 1. The number of anilines is 1. The lowest BCUT2D eigenvalue weighted by atomic mass is 10.2. The Kier molecular flexibility index (Phi) is 4.74. The molecule has 2 heterocycles. The summed E-state index contributed by atoms with van der Waals surface area (Å²) in [6.45, 7) is 7.49. The Balaban J connectivity index is 2.05. The van der Waals surface area contributed by atoms with E-state index in [0.29, 0.717) is 12.1 Å². The molecule has 0 saturated carbocycles. The van der Waals surface area contributed by atoms with Crippen LogP contribution >= 0.6 is 11.3 Å². The largest absolute Gasteiger partial charge is 0.383 e. The second kappa shape index (κ2) is 6.52. The van der Waals surface area contributed by atoms with Crippen molar-refractivity contribution in [3.63, 3.8) is 0 Å². The van der Waals surface area contributed by atoms with Crippen molar-refractivity contribution >= 4 is 22.9 Å². The van der Waals surface area contributed by atoms with E-state index in [-0.39, 0.29) is 5.91 Å². The molecule has 0 atom stereocenters. The molecule has 0 saturated heterocycles. The third-order valence-electron chi connectivity index (χ3n) is 3.07. The first-order chi connectivity index (χ1) is 9.61. The van der Waals surface area contributed by atoms with Crippen LogP contribution in [0.15, 0.2) is 24.5 Å².